The summed E-state index contributed by atoms with van der Waals surface area (Å²) >= 11 is 0. The number of methoxy groups -OCH3 is 1. The van der Waals surface area contributed by atoms with Crippen LogP contribution >= 0.6 is 0 Å². The number of benzene rings is 1. The number of halogens is 1. The Hall–Kier alpha value is -2.15. The third kappa shape index (κ3) is 6.70. The Balaban J connectivity index is 1.74. The first-order chi connectivity index (χ1) is 12.1. The van der Waals surface area contributed by atoms with Crippen LogP contribution < -0.4 is 10.6 Å². The molecule has 2 N–H and O–H groups in total. The Morgan fingerprint density at radius 1 is 1.32 bits per heavy atom. The van der Waals surface area contributed by atoms with Crippen LogP contribution in [0.25, 0.3) is 0 Å². The zero-order chi connectivity index (χ0) is 18.1. The molecule has 0 radical (unpaired) electrons. The number of carbonyl (C=O) groups excluding carboxylic acids is 2. The minimum Gasteiger partial charge on any atom is -0.383 e. The van der Waals surface area contributed by atoms with Crippen LogP contribution in [0.2, 0.25) is 0 Å². The standard InChI is InChI=1S/C18H26FN3O3/c1-25-12-10-20-17(23)9-4-14-3-2-11-22(13-14)18(24)21-16-7-5-15(19)6-8-16/h5-8,14H,2-4,9-13H2,1H3,(H,20,23)(H,21,24)/t14-/m0/s1. The molecule has 3 amide bonds. The Labute approximate surface area is 147 Å². The molecule has 7 heteroatoms. The fraction of sp³-hybridized carbons (Fsp3) is 0.556. The number of urea groups is 1. The fourth-order valence-electron chi connectivity index (χ4n) is 2.94. The predicted octanol–water partition coefficient (Wildman–Crippen LogP) is 2.61. The number of anilines is 1. The molecule has 25 heavy (non-hydrogen) atoms. The molecule has 1 heterocycles. The molecule has 0 aromatic heterocycles. The van der Waals surface area contributed by atoms with Gasteiger partial charge in [-0.2, -0.15) is 0 Å². The van der Waals surface area contributed by atoms with Crippen LogP contribution in [-0.2, 0) is 9.53 Å². The highest BCUT2D eigenvalue weighted by atomic mass is 19.1. The normalized spacial score (nSPS) is 17.2. The number of rotatable bonds is 7. The molecule has 1 atom stereocenters. The molecule has 6 nitrogen and oxygen atoms in total. The number of carbonyl (C=O) groups is 2. The van der Waals surface area contributed by atoms with E-state index in [1.54, 1.807) is 24.1 Å². The minimum atomic E-state index is -0.334. The molecule has 2 rings (SSSR count). The van der Waals surface area contributed by atoms with Crippen molar-refractivity contribution in [2.45, 2.75) is 25.7 Å². The highest BCUT2D eigenvalue weighted by Crippen LogP contribution is 2.22. The molecule has 138 valence electrons. The van der Waals surface area contributed by atoms with Crippen LogP contribution in [0.1, 0.15) is 25.7 Å². The molecule has 0 unspecified atom stereocenters. The van der Waals surface area contributed by atoms with E-state index in [1.807, 2.05) is 0 Å². The van der Waals surface area contributed by atoms with Crippen LogP contribution in [0, 0.1) is 11.7 Å². The molecule has 1 fully saturated rings. The maximum atomic E-state index is 12.9. The van der Waals surface area contributed by atoms with E-state index in [0.717, 1.165) is 19.3 Å². The summed E-state index contributed by atoms with van der Waals surface area (Å²) in [5.74, 6) is 0.00522. The van der Waals surface area contributed by atoms with Crippen molar-refractivity contribution < 1.29 is 18.7 Å². The molecule has 1 aromatic rings. The number of ether oxygens (including phenoxy) is 1. The summed E-state index contributed by atoms with van der Waals surface area (Å²) in [4.78, 5) is 25.9. The number of nitrogens with zero attached hydrogens (tertiary/aromatic N) is 1. The molecule has 1 aromatic carbocycles. The van der Waals surface area contributed by atoms with Crippen molar-refractivity contribution in [3.8, 4) is 0 Å². The van der Waals surface area contributed by atoms with Gasteiger partial charge in [0.05, 0.1) is 6.61 Å². The van der Waals surface area contributed by atoms with Gasteiger partial charge in [0.1, 0.15) is 5.82 Å². The van der Waals surface area contributed by atoms with E-state index in [-0.39, 0.29) is 17.8 Å². The Morgan fingerprint density at radius 2 is 2.08 bits per heavy atom. The van der Waals surface area contributed by atoms with E-state index in [9.17, 15) is 14.0 Å². The molecule has 1 saturated heterocycles. The summed E-state index contributed by atoms with van der Waals surface area (Å²) in [5.41, 5.74) is 0.575. The summed E-state index contributed by atoms with van der Waals surface area (Å²) in [7, 11) is 1.60. The maximum Gasteiger partial charge on any atom is 0.321 e. The SMILES string of the molecule is COCCNC(=O)CC[C@@H]1CCCN(C(=O)Nc2ccc(F)cc2)C1. The van der Waals surface area contributed by atoms with Gasteiger partial charge in [0.25, 0.3) is 0 Å². The second kappa shape index (κ2) is 9.98. The highest BCUT2D eigenvalue weighted by molar-refractivity contribution is 5.89. The quantitative estimate of drug-likeness (QED) is 0.742. The number of hydrogen-bond acceptors (Lipinski definition) is 3. The Morgan fingerprint density at radius 3 is 2.80 bits per heavy atom. The third-order valence-corrected chi connectivity index (χ3v) is 4.31. The van der Waals surface area contributed by atoms with Gasteiger partial charge in [-0.1, -0.05) is 0 Å². The van der Waals surface area contributed by atoms with E-state index in [0.29, 0.717) is 44.3 Å². The van der Waals surface area contributed by atoms with Gasteiger partial charge in [-0.05, 0) is 49.4 Å². The first-order valence-electron chi connectivity index (χ1n) is 8.65. The minimum absolute atomic E-state index is 0.0185. The summed E-state index contributed by atoms with van der Waals surface area (Å²) in [6.07, 6.45) is 3.17. The fourth-order valence-corrected chi connectivity index (χ4v) is 2.94. The third-order valence-electron chi connectivity index (χ3n) is 4.31. The van der Waals surface area contributed by atoms with E-state index in [4.69, 9.17) is 4.74 Å². The topological polar surface area (TPSA) is 70.7 Å². The van der Waals surface area contributed by atoms with E-state index >= 15 is 0 Å². The number of hydrogen-bond donors (Lipinski definition) is 2. The van der Waals surface area contributed by atoms with E-state index in [1.165, 1.54) is 12.1 Å². The number of nitrogens with one attached hydrogen (secondary N) is 2. The lowest BCUT2D eigenvalue weighted by molar-refractivity contribution is -0.121. The van der Waals surface area contributed by atoms with E-state index < -0.39 is 0 Å². The average molecular weight is 351 g/mol. The summed E-state index contributed by atoms with van der Waals surface area (Å²) in [5, 5.41) is 5.59. The molecule has 0 spiro atoms. The zero-order valence-corrected chi connectivity index (χ0v) is 14.6. The van der Waals surface area contributed by atoms with Crippen molar-refractivity contribution in [3.05, 3.63) is 30.1 Å². The van der Waals surface area contributed by atoms with Gasteiger partial charge in [0, 0.05) is 38.9 Å². The van der Waals surface area contributed by atoms with Gasteiger partial charge >= 0.3 is 6.03 Å². The molecular weight excluding hydrogens is 325 g/mol. The molecule has 0 aliphatic carbocycles. The van der Waals surface area contributed by atoms with Crippen molar-refractivity contribution in [2.24, 2.45) is 5.92 Å². The smallest absolute Gasteiger partial charge is 0.321 e. The predicted molar refractivity (Wildman–Crippen MR) is 93.8 cm³/mol. The lowest BCUT2D eigenvalue weighted by atomic mass is 9.93. The van der Waals surface area contributed by atoms with Crippen LogP contribution in [0.4, 0.5) is 14.9 Å². The summed E-state index contributed by atoms with van der Waals surface area (Å²) in [6, 6.07) is 5.53. The summed E-state index contributed by atoms with van der Waals surface area (Å²) < 4.78 is 17.8. The molecular formula is C18H26FN3O3. The second-order valence-corrected chi connectivity index (χ2v) is 6.27. The molecule has 0 bridgehead atoms. The summed E-state index contributed by atoms with van der Waals surface area (Å²) in [6.45, 7) is 2.36. The van der Waals surface area contributed by atoms with Gasteiger partial charge in [0.2, 0.25) is 5.91 Å². The first-order valence-corrected chi connectivity index (χ1v) is 8.65. The van der Waals surface area contributed by atoms with Gasteiger partial charge in [0.15, 0.2) is 0 Å². The molecule has 1 aliphatic heterocycles. The first kappa shape index (κ1) is 19.2. The van der Waals surface area contributed by atoms with Crippen molar-refractivity contribution in [1.29, 1.82) is 0 Å². The van der Waals surface area contributed by atoms with Crippen LogP contribution in [0.5, 0.6) is 0 Å². The largest absolute Gasteiger partial charge is 0.383 e. The number of amides is 3. The van der Waals surface area contributed by atoms with Gasteiger partial charge in [-0.3, -0.25) is 4.79 Å². The van der Waals surface area contributed by atoms with Gasteiger partial charge in [-0.15, -0.1) is 0 Å². The van der Waals surface area contributed by atoms with Crippen molar-refractivity contribution >= 4 is 17.6 Å². The molecule has 0 saturated carbocycles. The van der Waals surface area contributed by atoms with E-state index in [2.05, 4.69) is 10.6 Å². The van der Waals surface area contributed by atoms with Crippen molar-refractivity contribution in [3.63, 3.8) is 0 Å². The van der Waals surface area contributed by atoms with Crippen LogP contribution in [-0.4, -0.2) is 50.2 Å². The lowest BCUT2D eigenvalue weighted by Gasteiger charge is -2.32. The maximum absolute atomic E-state index is 12.9. The monoisotopic (exact) mass is 351 g/mol. The average Bonchev–Trinajstić information content (AvgIpc) is 2.62. The van der Waals surface area contributed by atoms with Gasteiger partial charge in [-0.25, -0.2) is 9.18 Å². The lowest BCUT2D eigenvalue weighted by Crippen LogP contribution is -2.42. The Bertz CT molecular complexity index is 565. The zero-order valence-electron chi connectivity index (χ0n) is 14.6. The second-order valence-electron chi connectivity index (χ2n) is 6.27. The van der Waals surface area contributed by atoms with Crippen molar-refractivity contribution in [2.75, 3.05) is 38.7 Å². The molecule has 1 aliphatic rings. The van der Waals surface area contributed by atoms with Crippen molar-refractivity contribution in [1.82, 2.24) is 10.2 Å². The highest BCUT2D eigenvalue weighted by Gasteiger charge is 2.24. The van der Waals surface area contributed by atoms with Crippen LogP contribution in [0.15, 0.2) is 24.3 Å². The number of piperidine rings is 1. The van der Waals surface area contributed by atoms with Gasteiger partial charge < -0.3 is 20.3 Å². The Kier molecular flexibility index (Phi) is 7.66. The van der Waals surface area contributed by atoms with Crippen LogP contribution in [0.3, 0.4) is 0 Å². The number of likely N-dealkylation sites (tertiary alicyclic amines) is 1.